The van der Waals surface area contributed by atoms with E-state index >= 15 is 0 Å². The summed E-state index contributed by atoms with van der Waals surface area (Å²) in [5.74, 6) is -0.371. The van der Waals surface area contributed by atoms with Gasteiger partial charge >= 0.3 is 23.5 Å². The van der Waals surface area contributed by atoms with Crippen molar-refractivity contribution in [2.45, 2.75) is 101 Å². The third-order valence-electron chi connectivity index (χ3n) is 8.68. The molecule has 49 heavy (non-hydrogen) atoms. The number of carbonyl (C=O) groups is 1. The minimum absolute atomic E-state index is 0.0779. The number of ether oxygens (including phenoxy) is 3. The molecule has 21 nitrogen and oxygen atoms in total. The molecule has 5 rings (SSSR count). The number of aromatic nitrogens is 4. The standard InChI is InChI=1S/C25H42N7O14P3/c1-15-25(2,24(33)28-11-10-27-16-8-6-4-3-5-7-9-16)44-20-19(42-15)17(12-41-48(37,38)46-49(39,40)45-47(34,35)36)43-23(20)32-14-31-18-21(26)29-13-30-22(18)32/h13-17,19-20,23,27H,3-12H2,1-2H3,(H,28,33)(H,37,38)(H,39,40)(H2,26,29,30)(H2,34,35,36). The van der Waals surface area contributed by atoms with Gasteiger partial charge in [0.1, 0.15) is 30.2 Å². The van der Waals surface area contributed by atoms with Gasteiger partial charge in [0.15, 0.2) is 23.3 Å². The Balaban J connectivity index is 1.30. The number of hydrogen-bond donors (Lipinski definition) is 7. The van der Waals surface area contributed by atoms with Crippen molar-refractivity contribution < 1.29 is 65.4 Å². The lowest BCUT2D eigenvalue weighted by Gasteiger charge is -2.44. The smallest absolute Gasteiger partial charge is 0.382 e. The van der Waals surface area contributed by atoms with Gasteiger partial charge in [-0.05, 0) is 26.7 Å². The Hall–Kier alpha value is -1.93. The van der Waals surface area contributed by atoms with Crippen molar-refractivity contribution in [3.05, 3.63) is 12.7 Å². The highest BCUT2D eigenvalue weighted by molar-refractivity contribution is 7.66. The van der Waals surface area contributed by atoms with Crippen molar-refractivity contribution in [1.29, 1.82) is 0 Å². The summed E-state index contributed by atoms with van der Waals surface area (Å²) in [4.78, 5) is 63.2. The number of nitrogens with zero attached hydrogens (tertiary/aromatic N) is 4. The van der Waals surface area contributed by atoms with Crippen LogP contribution in [-0.4, -0.2) is 101 Å². The summed E-state index contributed by atoms with van der Waals surface area (Å²) >= 11 is 0. The SMILES string of the molecule is CC1OC2C(COP(=O)(O)OP(=O)(O)OP(=O)(O)O)OC(n3cnc4c(N)ncnc43)C2OC1(C)C(=O)NCCNC1CCCCCCC1. The van der Waals surface area contributed by atoms with Gasteiger partial charge in [0.25, 0.3) is 5.91 Å². The van der Waals surface area contributed by atoms with E-state index in [0.29, 0.717) is 19.1 Å². The molecule has 8 N–H and O–H groups in total. The van der Waals surface area contributed by atoms with E-state index in [1.165, 1.54) is 49.3 Å². The Bertz CT molecular complexity index is 1620. The van der Waals surface area contributed by atoms with Crippen molar-refractivity contribution in [2.75, 3.05) is 25.4 Å². The van der Waals surface area contributed by atoms with Gasteiger partial charge in [-0.15, -0.1) is 0 Å². The first-order valence-corrected chi connectivity index (χ1v) is 20.2. The zero-order valence-corrected chi connectivity index (χ0v) is 29.5. The molecule has 0 radical (unpaired) electrons. The lowest BCUT2D eigenvalue weighted by Crippen LogP contribution is -2.63. The molecule has 2 saturated heterocycles. The van der Waals surface area contributed by atoms with Gasteiger partial charge in [0.05, 0.1) is 19.0 Å². The van der Waals surface area contributed by atoms with Gasteiger partial charge in [0.2, 0.25) is 0 Å². The van der Waals surface area contributed by atoms with Crippen molar-refractivity contribution in [3.63, 3.8) is 0 Å². The lowest BCUT2D eigenvalue weighted by molar-refractivity contribution is -0.251. The number of nitrogens with two attached hydrogens (primary N) is 1. The molecule has 8 unspecified atom stereocenters. The Kier molecular flexibility index (Phi) is 12.0. The molecule has 24 heteroatoms. The molecule has 8 atom stereocenters. The first-order chi connectivity index (χ1) is 23.0. The third kappa shape index (κ3) is 9.50. The number of phosphoric ester groups is 1. The van der Waals surface area contributed by atoms with Crippen LogP contribution in [0.15, 0.2) is 12.7 Å². The molecule has 0 bridgehead atoms. The van der Waals surface area contributed by atoms with Crippen LogP contribution in [0.3, 0.4) is 0 Å². The fraction of sp³-hybridized carbons (Fsp3) is 0.760. The molecule has 276 valence electrons. The van der Waals surface area contributed by atoms with E-state index in [9.17, 15) is 28.3 Å². The maximum atomic E-state index is 13.6. The number of fused-ring (bicyclic) bond motifs is 2. The summed E-state index contributed by atoms with van der Waals surface area (Å²) in [6.45, 7) is 3.24. The molecule has 3 aliphatic rings. The Morgan fingerprint density at radius 3 is 2.39 bits per heavy atom. The minimum atomic E-state index is -5.76. The number of nitrogens with one attached hydrogen (secondary N) is 2. The number of nitrogen functional groups attached to an aromatic ring is 1. The van der Waals surface area contributed by atoms with Gasteiger partial charge in [-0.2, -0.15) is 8.62 Å². The van der Waals surface area contributed by atoms with Gasteiger partial charge in [-0.25, -0.2) is 28.6 Å². The summed E-state index contributed by atoms with van der Waals surface area (Å²) < 4.78 is 68.0. The number of amides is 1. The fourth-order valence-electron chi connectivity index (χ4n) is 6.15. The second kappa shape index (κ2) is 15.4. The van der Waals surface area contributed by atoms with Crippen molar-refractivity contribution >= 4 is 46.4 Å². The molecule has 3 fully saturated rings. The van der Waals surface area contributed by atoms with E-state index in [0.717, 1.165) is 12.8 Å². The molecule has 2 aromatic rings. The Morgan fingerprint density at radius 2 is 1.69 bits per heavy atom. The van der Waals surface area contributed by atoms with Crippen LogP contribution in [0, 0.1) is 0 Å². The number of rotatable bonds is 13. The van der Waals surface area contributed by atoms with Crippen LogP contribution in [0.25, 0.3) is 11.2 Å². The number of imidazole rings is 1. The second-order valence-electron chi connectivity index (χ2n) is 12.2. The number of carbonyl (C=O) groups excluding carboxylic acids is 1. The molecule has 2 aliphatic heterocycles. The summed E-state index contributed by atoms with van der Waals surface area (Å²) in [6, 6.07) is 0.391. The summed E-state index contributed by atoms with van der Waals surface area (Å²) in [6.07, 6.45) is 5.40. The first kappa shape index (κ1) is 38.3. The molecular weight excluding hydrogens is 715 g/mol. The van der Waals surface area contributed by atoms with E-state index in [-0.39, 0.29) is 17.0 Å². The second-order valence-corrected chi connectivity index (χ2v) is 16.6. The maximum Gasteiger partial charge on any atom is 0.490 e. The van der Waals surface area contributed by atoms with Crippen molar-refractivity contribution in [3.8, 4) is 0 Å². The average molecular weight is 758 g/mol. The van der Waals surface area contributed by atoms with Crippen LogP contribution in [0.4, 0.5) is 5.82 Å². The van der Waals surface area contributed by atoms with Gasteiger partial charge in [-0.1, -0.05) is 32.1 Å². The average Bonchev–Trinajstić information content (AvgIpc) is 3.55. The number of hydrogen-bond acceptors (Lipinski definition) is 15. The van der Waals surface area contributed by atoms with Gasteiger partial charge in [0, 0.05) is 19.1 Å². The Morgan fingerprint density at radius 1 is 1.00 bits per heavy atom. The van der Waals surface area contributed by atoms with Gasteiger partial charge in [-0.3, -0.25) is 13.9 Å². The third-order valence-corrected chi connectivity index (χ3v) is 12.5. The molecular formula is C25H42N7O14P3. The summed E-state index contributed by atoms with van der Waals surface area (Å²) in [5.41, 5.74) is 4.89. The zero-order valence-electron chi connectivity index (χ0n) is 26.8. The maximum absolute atomic E-state index is 13.6. The van der Waals surface area contributed by atoms with E-state index < -0.39 is 72.2 Å². The van der Waals surface area contributed by atoms with E-state index in [1.54, 1.807) is 13.8 Å². The fourth-order valence-corrected chi connectivity index (χ4v) is 9.18. The van der Waals surface area contributed by atoms with E-state index in [4.69, 9.17) is 34.3 Å². The van der Waals surface area contributed by atoms with Crippen molar-refractivity contribution in [2.24, 2.45) is 0 Å². The van der Waals surface area contributed by atoms with Crippen molar-refractivity contribution in [1.82, 2.24) is 30.2 Å². The molecule has 4 heterocycles. The highest BCUT2D eigenvalue weighted by atomic mass is 31.3. The summed E-state index contributed by atoms with van der Waals surface area (Å²) in [7, 11) is -16.8. The highest BCUT2D eigenvalue weighted by Crippen LogP contribution is 2.66. The Labute approximate surface area is 281 Å². The lowest BCUT2D eigenvalue weighted by atomic mass is 9.94. The summed E-state index contributed by atoms with van der Waals surface area (Å²) in [5, 5.41) is 6.45. The van der Waals surface area contributed by atoms with Crippen LogP contribution in [0.5, 0.6) is 0 Å². The van der Waals surface area contributed by atoms with Crippen LogP contribution >= 0.6 is 23.5 Å². The molecule has 1 aliphatic carbocycles. The zero-order chi connectivity index (χ0) is 35.6. The molecule has 0 aromatic carbocycles. The largest absolute Gasteiger partial charge is 0.490 e. The number of phosphoric acid groups is 3. The molecule has 2 aromatic heterocycles. The number of anilines is 1. The normalized spacial score (nSPS) is 30.9. The predicted molar refractivity (Wildman–Crippen MR) is 168 cm³/mol. The molecule has 1 saturated carbocycles. The molecule has 1 amide bonds. The first-order valence-electron chi connectivity index (χ1n) is 15.7. The van der Waals surface area contributed by atoms with E-state index in [2.05, 4.69) is 34.2 Å². The van der Waals surface area contributed by atoms with Gasteiger partial charge < -0.3 is 50.2 Å². The quantitative estimate of drug-likeness (QED) is 0.112. The topological polar surface area (TPSA) is 298 Å². The van der Waals surface area contributed by atoms with Crippen LogP contribution in [0.2, 0.25) is 0 Å². The van der Waals surface area contributed by atoms with Crippen LogP contribution < -0.4 is 16.4 Å². The van der Waals surface area contributed by atoms with Crippen LogP contribution in [-0.2, 0) is 45.8 Å². The van der Waals surface area contributed by atoms with E-state index in [1.807, 2.05) is 0 Å². The monoisotopic (exact) mass is 757 g/mol. The minimum Gasteiger partial charge on any atom is -0.382 e. The predicted octanol–water partition coefficient (Wildman–Crippen LogP) is 1.40. The molecule has 0 spiro atoms. The highest BCUT2D eigenvalue weighted by Gasteiger charge is 2.59. The van der Waals surface area contributed by atoms with Crippen LogP contribution in [0.1, 0.15) is 65.0 Å².